The summed E-state index contributed by atoms with van der Waals surface area (Å²) in [5.41, 5.74) is 2.11. The number of carbonyl (C=O) groups excluding carboxylic acids is 2. The topological polar surface area (TPSA) is 65.1 Å². The van der Waals surface area contributed by atoms with Crippen molar-refractivity contribution in [1.82, 2.24) is 4.90 Å². The monoisotopic (exact) mass is 547 g/mol. The van der Waals surface area contributed by atoms with Crippen LogP contribution in [-0.4, -0.2) is 22.8 Å². The molecule has 3 aromatic rings. The zero-order valence-electron chi connectivity index (χ0n) is 17.9. The van der Waals surface area contributed by atoms with Gasteiger partial charge in [0.1, 0.15) is 6.61 Å². The number of hydrogen-bond donors (Lipinski definition) is 0. The molecule has 3 aromatic carbocycles. The Balaban J connectivity index is 1.33. The SMILES string of the molecule is O=C1S/C(=C\c2cc(Cl)c(OCc3ccccc3)c(Cl)c2)C(=O)N1Cc1cc2c(cc1Cl)OCO2. The number of thioether (sulfide) groups is 1. The maximum atomic E-state index is 13.0. The van der Waals surface area contributed by atoms with E-state index < -0.39 is 11.1 Å². The number of amides is 2. The highest BCUT2D eigenvalue weighted by atomic mass is 35.5. The fourth-order valence-corrected chi connectivity index (χ4v) is 5.23. The van der Waals surface area contributed by atoms with Gasteiger partial charge in [-0.3, -0.25) is 14.5 Å². The standard InChI is InChI=1S/C25H16Cl3NO5S/c26-17-10-21-20(33-13-34-21)9-16(17)11-29-24(30)22(35-25(29)31)8-15-6-18(27)23(19(28)7-15)32-12-14-4-2-1-3-5-14/h1-10H,11-13H2/b22-8-. The van der Waals surface area contributed by atoms with E-state index in [1.165, 1.54) is 0 Å². The lowest BCUT2D eigenvalue weighted by molar-refractivity contribution is -0.123. The molecule has 0 unspecified atom stereocenters. The summed E-state index contributed by atoms with van der Waals surface area (Å²) in [6.45, 7) is 0.410. The summed E-state index contributed by atoms with van der Waals surface area (Å²) < 4.78 is 16.5. The second-order valence-corrected chi connectivity index (χ2v) is 9.87. The van der Waals surface area contributed by atoms with Crippen LogP contribution in [0, 0.1) is 0 Å². The van der Waals surface area contributed by atoms with Gasteiger partial charge in [-0.2, -0.15) is 0 Å². The molecule has 0 bridgehead atoms. The minimum atomic E-state index is -0.439. The van der Waals surface area contributed by atoms with Gasteiger partial charge in [0.2, 0.25) is 6.79 Å². The van der Waals surface area contributed by atoms with Gasteiger partial charge in [-0.1, -0.05) is 65.1 Å². The Morgan fingerprint density at radius 3 is 2.34 bits per heavy atom. The van der Waals surface area contributed by atoms with Crippen molar-refractivity contribution in [1.29, 1.82) is 0 Å². The minimum Gasteiger partial charge on any atom is -0.486 e. The minimum absolute atomic E-state index is 0.00521. The maximum Gasteiger partial charge on any atom is 0.293 e. The largest absolute Gasteiger partial charge is 0.486 e. The van der Waals surface area contributed by atoms with Crippen LogP contribution in [0.25, 0.3) is 6.08 Å². The van der Waals surface area contributed by atoms with Crippen LogP contribution in [0.3, 0.4) is 0 Å². The lowest BCUT2D eigenvalue weighted by atomic mass is 10.1. The Hall–Kier alpha value is -2.84. The number of carbonyl (C=O) groups is 2. The summed E-state index contributed by atoms with van der Waals surface area (Å²) in [6.07, 6.45) is 1.57. The summed E-state index contributed by atoms with van der Waals surface area (Å²) in [5, 5.41) is 0.564. The summed E-state index contributed by atoms with van der Waals surface area (Å²) in [6, 6.07) is 16.2. The average molecular weight is 549 g/mol. The molecule has 2 aliphatic rings. The van der Waals surface area contributed by atoms with Gasteiger partial charge >= 0.3 is 0 Å². The number of benzene rings is 3. The van der Waals surface area contributed by atoms with Crippen molar-refractivity contribution in [2.75, 3.05) is 6.79 Å². The molecule has 6 nitrogen and oxygen atoms in total. The second-order valence-electron chi connectivity index (χ2n) is 7.65. The highest BCUT2D eigenvalue weighted by Gasteiger charge is 2.36. The third kappa shape index (κ3) is 5.09. The van der Waals surface area contributed by atoms with Crippen molar-refractivity contribution in [2.24, 2.45) is 0 Å². The molecule has 2 aliphatic heterocycles. The third-order valence-corrected chi connectivity index (χ3v) is 7.11. The van der Waals surface area contributed by atoms with E-state index in [1.807, 2.05) is 30.3 Å². The first-order valence-corrected chi connectivity index (χ1v) is 12.3. The molecular weight excluding hydrogens is 533 g/mol. The van der Waals surface area contributed by atoms with Gasteiger partial charge < -0.3 is 14.2 Å². The zero-order chi connectivity index (χ0) is 24.5. The molecule has 35 heavy (non-hydrogen) atoms. The summed E-state index contributed by atoms with van der Waals surface area (Å²) >= 11 is 20.0. The first kappa shape index (κ1) is 23.9. The van der Waals surface area contributed by atoms with Crippen LogP contribution in [0.1, 0.15) is 16.7 Å². The fourth-order valence-electron chi connectivity index (χ4n) is 3.57. The van der Waals surface area contributed by atoms with Gasteiger partial charge in [-0.15, -0.1) is 0 Å². The number of imide groups is 1. The van der Waals surface area contributed by atoms with E-state index in [1.54, 1.807) is 30.3 Å². The van der Waals surface area contributed by atoms with Crippen LogP contribution >= 0.6 is 46.6 Å². The van der Waals surface area contributed by atoms with E-state index in [2.05, 4.69) is 0 Å². The first-order chi connectivity index (χ1) is 16.9. The molecule has 0 aliphatic carbocycles. The van der Waals surface area contributed by atoms with Crippen molar-refractivity contribution >= 4 is 63.8 Å². The predicted octanol–water partition coefficient (Wildman–Crippen LogP) is 7.19. The van der Waals surface area contributed by atoms with Crippen LogP contribution in [0.2, 0.25) is 15.1 Å². The highest BCUT2D eigenvalue weighted by Crippen LogP contribution is 2.40. The number of ether oxygens (including phenoxy) is 3. The smallest absolute Gasteiger partial charge is 0.293 e. The van der Waals surface area contributed by atoms with Crippen LogP contribution in [-0.2, 0) is 17.9 Å². The molecule has 2 heterocycles. The Bertz CT molecular complexity index is 1340. The molecule has 0 saturated carbocycles. The second kappa shape index (κ2) is 10.0. The molecule has 0 aromatic heterocycles. The molecule has 1 saturated heterocycles. The van der Waals surface area contributed by atoms with E-state index in [0.29, 0.717) is 50.1 Å². The normalized spacial score (nSPS) is 15.9. The molecular formula is C25H16Cl3NO5S. The molecule has 10 heteroatoms. The van der Waals surface area contributed by atoms with Crippen molar-refractivity contribution in [3.63, 3.8) is 0 Å². The Morgan fingerprint density at radius 1 is 0.943 bits per heavy atom. The van der Waals surface area contributed by atoms with E-state index in [-0.39, 0.29) is 18.2 Å². The van der Waals surface area contributed by atoms with Crippen molar-refractivity contribution in [3.05, 3.63) is 91.3 Å². The molecule has 0 radical (unpaired) electrons. The third-order valence-electron chi connectivity index (χ3n) is 5.29. The van der Waals surface area contributed by atoms with Crippen LogP contribution in [0.15, 0.2) is 59.5 Å². The molecule has 1 fully saturated rings. The summed E-state index contributed by atoms with van der Waals surface area (Å²) in [7, 11) is 0. The van der Waals surface area contributed by atoms with Gasteiger partial charge in [0.15, 0.2) is 17.2 Å². The van der Waals surface area contributed by atoms with Crippen LogP contribution in [0.5, 0.6) is 17.2 Å². The summed E-state index contributed by atoms with van der Waals surface area (Å²) in [4.78, 5) is 27.0. The van der Waals surface area contributed by atoms with E-state index >= 15 is 0 Å². The number of halogens is 3. The number of rotatable bonds is 6. The number of fused-ring (bicyclic) bond motifs is 1. The maximum absolute atomic E-state index is 13.0. The molecule has 0 N–H and O–H groups in total. The van der Waals surface area contributed by atoms with Crippen LogP contribution in [0.4, 0.5) is 4.79 Å². The molecule has 178 valence electrons. The lowest BCUT2D eigenvalue weighted by Gasteiger charge is -2.14. The fraction of sp³-hybridized carbons (Fsp3) is 0.120. The molecule has 0 spiro atoms. The van der Waals surface area contributed by atoms with Crippen molar-refractivity contribution in [2.45, 2.75) is 13.2 Å². The van der Waals surface area contributed by atoms with Crippen LogP contribution < -0.4 is 14.2 Å². The van der Waals surface area contributed by atoms with Gasteiger partial charge in [-0.25, -0.2) is 0 Å². The van der Waals surface area contributed by atoms with E-state index in [4.69, 9.17) is 49.0 Å². The Labute approximate surface area is 220 Å². The quantitative estimate of drug-likeness (QED) is 0.304. The predicted molar refractivity (Wildman–Crippen MR) is 136 cm³/mol. The molecule has 5 rings (SSSR count). The van der Waals surface area contributed by atoms with E-state index in [9.17, 15) is 9.59 Å². The van der Waals surface area contributed by atoms with Gasteiger partial charge in [-0.05, 0) is 52.7 Å². The van der Waals surface area contributed by atoms with Gasteiger partial charge in [0, 0.05) is 11.1 Å². The van der Waals surface area contributed by atoms with E-state index in [0.717, 1.165) is 22.2 Å². The highest BCUT2D eigenvalue weighted by molar-refractivity contribution is 8.18. The Morgan fingerprint density at radius 2 is 1.63 bits per heavy atom. The number of hydrogen-bond acceptors (Lipinski definition) is 6. The van der Waals surface area contributed by atoms with Gasteiger partial charge in [0.05, 0.1) is 21.5 Å². The summed E-state index contributed by atoms with van der Waals surface area (Å²) in [5.74, 6) is 0.953. The van der Waals surface area contributed by atoms with Crippen molar-refractivity contribution < 1.29 is 23.8 Å². The van der Waals surface area contributed by atoms with Gasteiger partial charge in [0.25, 0.3) is 11.1 Å². The molecule has 0 atom stereocenters. The average Bonchev–Trinajstić information content (AvgIpc) is 3.38. The first-order valence-electron chi connectivity index (χ1n) is 10.4. The molecule has 2 amide bonds. The number of nitrogens with zero attached hydrogens (tertiary/aromatic N) is 1. The zero-order valence-corrected chi connectivity index (χ0v) is 21.0. The lowest BCUT2D eigenvalue weighted by Crippen LogP contribution is -2.27. The van der Waals surface area contributed by atoms with Crippen molar-refractivity contribution in [3.8, 4) is 17.2 Å². The Kier molecular flexibility index (Phi) is 6.84.